The molecule has 7 heteroatoms. The van der Waals surface area contributed by atoms with Gasteiger partial charge in [-0.05, 0) is 18.6 Å². The molecule has 0 radical (unpaired) electrons. The molecule has 0 heterocycles. The molecule has 1 aliphatic carbocycles. The monoisotopic (exact) mass is 386 g/mol. The summed E-state index contributed by atoms with van der Waals surface area (Å²) in [4.78, 5) is 25.8. The minimum absolute atomic E-state index is 0.0419. The summed E-state index contributed by atoms with van der Waals surface area (Å²) < 4.78 is 5.41. The molecule has 1 atom stereocenters. The Bertz CT molecular complexity index is 962. The number of hydrogen-bond donors (Lipinski definition) is 4. The number of phenolic OH excluding ortho intramolecular Hbond substituents is 4. The van der Waals surface area contributed by atoms with Crippen molar-refractivity contribution in [1.29, 1.82) is 0 Å². The van der Waals surface area contributed by atoms with E-state index in [1.54, 1.807) is 0 Å². The van der Waals surface area contributed by atoms with Gasteiger partial charge in [0.05, 0.1) is 22.8 Å². The van der Waals surface area contributed by atoms with Crippen LogP contribution in [0.25, 0.3) is 0 Å². The van der Waals surface area contributed by atoms with Gasteiger partial charge >= 0.3 is 0 Å². The van der Waals surface area contributed by atoms with E-state index in [0.29, 0.717) is 6.42 Å². The molecule has 2 aromatic carbocycles. The molecule has 28 heavy (non-hydrogen) atoms. The number of rotatable bonds is 6. The summed E-state index contributed by atoms with van der Waals surface area (Å²) in [6.45, 7) is 2.04. The first-order valence-electron chi connectivity index (χ1n) is 9.08. The fourth-order valence-electron chi connectivity index (χ4n) is 3.66. The molecule has 0 aliphatic heterocycles. The zero-order chi connectivity index (χ0) is 20.6. The zero-order valence-corrected chi connectivity index (χ0v) is 15.7. The smallest absolute Gasteiger partial charge is 0.201 e. The Hall–Kier alpha value is -3.06. The van der Waals surface area contributed by atoms with E-state index < -0.39 is 29.2 Å². The Kier molecular flexibility index (Phi) is 5.29. The second-order valence-electron chi connectivity index (χ2n) is 6.85. The number of phenols is 4. The lowest BCUT2D eigenvalue weighted by Crippen LogP contribution is -2.22. The van der Waals surface area contributed by atoms with Crippen molar-refractivity contribution in [2.24, 2.45) is 0 Å². The molecule has 0 spiro atoms. The minimum atomic E-state index is -0.760. The van der Waals surface area contributed by atoms with Gasteiger partial charge in [-0.25, -0.2) is 0 Å². The van der Waals surface area contributed by atoms with E-state index in [1.165, 1.54) is 7.11 Å². The quantitative estimate of drug-likeness (QED) is 0.478. The van der Waals surface area contributed by atoms with Crippen LogP contribution in [0, 0.1) is 0 Å². The SMILES string of the molecule is CCCCC[C@H](OC)c1c(O)cc2c(c1O)C(=O)c1c(O)cc(O)cc1C2=O. The maximum absolute atomic E-state index is 13.0. The number of carbonyl (C=O) groups excluding carboxylic acids is 2. The first-order valence-corrected chi connectivity index (χ1v) is 9.08. The zero-order valence-electron chi connectivity index (χ0n) is 15.7. The van der Waals surface area contributed by atoms with Crippen molar-refractivity contribution >= 4 is 11.6 Å². The number of fused-ring (bicyclic) bond motifs is 2. The van der Waals surface area contributed by atoms with Crippen molar-refractivity contribution < 1.29 is 34.8 Å². The van der Waals surface area contributed by atoms with Crippen molar-refractivity contribution in [2.75, 3.05) is 7.11 Å². The Morgan fingerprint density at radius 3 is 2.21 bits per heavy atom. The van der Waals surface area contributed by atoms with Crippen LogP contribution in [0.5, 0.6) is 23.0 Å². The molecule has 0 amide bonds. The summed E-state index contributed by atoms with van der Waals surface area (Å²) in [6.07, 6.45) is 2.57. The predicted octanol–water partition coefficient (Wildman–Crippen LogP) is 3.55. The molecule has 148 valence electrons. The molecule has 7 nitrogen and oxygen atoms in total. The van der Waals surface area contributed by atoms with E-state index in [2.05, 4.69) is 0 Å². The van der Waals surface area contributed by atoms with E-state index in [9.17, 15) is 30.0 Å². The van der Waals surface area contributed by atoms with Gasteiger partial charge in [0.25, 0.3) is 0 Å². The van der Waals surface area contributed by atoms with Gasteiger partial charge in [0.15, 0.2) is 5.78 Å². The third-order valence-corrected chi connectivity index (χ3v) is 5.04. The standard InChI is InChI=1S/C21H22O7/c1-3-4-5-6-15(28-2)18-14(24)9-12-17(21(18)27)20(26)16-11(19(12)25)7-10(22)8-13(16)23/h7-9,15,22-24,27H,3-6H2,1-2H3/t15-/m0/s1. The number of ether oxygens (including phenoxy) is 1. The molecule has 4 N–H and O–H groups in total. The molecule has 3 rings (SSSR count). The number of carbonyl (C=O) groups is 2. The summed E-state index contributed by atoms with van der Waals surface area (Å²) in [5.41, 5.74) is -0.913. The first-order chi connectivity index (χ1) is 13.3. The van der Waals surface area contributed by atoms with Crippen LogP contribution in [0.2, 0.25) is 0 Å². The Balaban J connectivity index is 2.17. The third-order valence-electron chi connectivity index (χ3n) is 5.04. The molecular weight excluding hydrogens is 364 g/mol. The highest BCUT2D eigenvalue weighted by atomic mass is 16.5. The molecule has 2 aromatic rings. The van der Waals surface area contributed by atoms with Gasteiger partial charge in [0.1, 0.15) is 23.0 Å². The number of benzene rings is 2. The summed E-state index contributed by atoms with van der Waals surface area (Å²) in [5, 5.41) is 41.0. The van der Waals surface area contributed by atoms with E-state index >= 15 is 0 Å². The number of unbranched alkanes of at least 4 members (excludes halogenated alkanes) is 2. The van der Waals surface area contributed by atoms with Crippen molar-refractivity contribution in [2.45, 2.75) is 38.7 Å². The normalized spacial score (nSPS) is 13.9. The molecule has 0 saturated heterocycles. The van der Waals surface area contributed by atoms with Crippen LogP contribution in [0.4, 0.5) is 0 Å². The Morgan fingerprint density at radius 1 is 0.893 bits per heavy atom. The Labute approximate surface area is 161 Å². The highest BCUT2D eigenvalue weighted by Crippen LogP contribution is 2.46. The molecule has 0 saturated carbocycles. The van der Waals surface area contributed by atoms with E-state index in [-0.39, 0.29) is 39.3 Å². The second-order valence-corrected chi connectivity index (χ2v) is 6.85. The van der Waals surface area contributed by atoms with Crippen molar-refractivity contribution in [3.05, 3.63) is 46.0 Å². The number of hydrogen-bond acceptors (Lipinski definition) is 7. The number of methoxy groups -OCH3 is 1. The van der Waals surface area contributed by atoms with Crippen molar-refractivity contribution in [3.8, 4) is 23.0 Å². The summed E-state index contributed by atoms with van der Waals surface area (Å²) in [5.74, 6) is -3.26. The number of ketones is 2. The summed E-state index contributed by atoms with van der Waals surface area (Å²) in [7, 11) is 1.44. The fraction of sp³-hybridized carbons (Fsp3) is 0.333. The summed E-state index contributed by atoms with van der Waals surface area (Å²) in [6, 6.07) is 3.15. The lowest BCUT2D eigenvalue weighted by molar-refractivity contribution is 0.0878. The van der Waals surface area contributed by atoms with Gasteiger partial charge in [-0.3, -0.25) is 9.59 Å². The second kappa shape index (κ2) is 7.52. The van der Waals surface area contributed by atoms with Gasteiger partial charge in [-0.15, -0.1) is 0 Å². The van der Waals surface area contributed by atoms with Crippen LogP contribution >= 0.6 is 0 Å². The lowest BCUT2D eigenvalue weighted by atomic mass is 9.81. The van der Waals surface area contributed by atoms with Gasteiger partial charge in [0, 0.05) is 24.3 Å². The average molecular weight is 386 g/mol. The highest BCUT2D eigenvalue weighted by molar-refractivity contribution is 6.30. The highest BCUT2D eigenvalue weighted by Gasteiger charge is 2.37. The van der Waals surface area contributed by atoms with Crippen LogP contribution in [-0.4, -0.2) is 39.1 Å². The van der Waals surface area contributed by atoms with Gasteiger partial charge < -0.3 is 25.2 Å². The van der Waals surface area contributed by atoms with E-state index in [1.807, 2.05) is 6.92 Å². The molecule has 1 aliphatic rings. The molecule has 0 bridgehead atoms. The largest absolute Gasteiger partial charge is 0.508 e. The minimum Gasteiger partial charge on any atom is -0.508 e. The third kappa shape index (κ3) is 3.07. The van der Waals surface area contributed by atoms with Crippen molar-refractivity contribution in [3.63, 3.8) is 0 Å². The van der Waals surface area contributed by atoms with Gasteiger partial charge in [-0.2, -0.15) is 0 Å². The van der Waals surface area contributed by atoms with Crippen LogP contribution in [-0.2, 0) is 4.74 Å². The average Bonchev–Trinajstić information content (AvgIpc) is 2.63. The Morgan fingerprint density at radius 2 is 1.57 bits per heavy atom. The molecule has 0 fully saturated rings. The molecule has 0 aromatic heterocycles. The maximum Gasteiger partial charge on any atom is 0.201 e. The topological polar surface area (TPSA) is 124 Å². The van der Waals surface area contributed by atoms with Crippen LogP contribution in [0.15, 0.2) is 18.2 Å². The first kappa shape index (κ1) is 19.7. The van der Waals surface area contributed by atoms with Gasteiger partial charge in [-0.1, -0.05) is 26.2 Å². The van der Waals surface area contributed by atoms with E-state index in [4.69, 9.17) is 4.74 Å². The van der Waals surface area contributed by atoms with Crippen LogP contribution in [0.1, 0.15) is 76.1 Å². The molecular formula is C21H22O7. The summed E-state index contributed by atoms with van der Waals surface area (Å²) >= 11 is 0. The molecule has 0 unspecified atom stereocenters. The predicted molar refractivity (Wildman–Crippen MR) is 100 cm³/mol. The maximum atomic E-state index is 13.0. The van der Waals surface area contributed by atoms with Crippen LogP contribution < -0.4 is 0 Å². The van der Waals surface area contributed by atoms with Crippen molar-refractivity contribution in [1.82, 2.24) is 0 Å². The van der Waals surface area contributed by atoms with E-state index in [0.717, 1.165) is 37.5 Å². The fourth-order valence-corrected chi connectivity index (χ4v) is 3.66. The van der Waals surface area contributed by atoms with Gasteiger partial charge in [0.2, 0.25) is 5.78 Å². The van der Waals surface area contributed by atoms with Crippen LogP contribution in [0.3, 0.4) is 0 Å². The number of aromatic hydroxyl groups is 4. The lowest BCUT2D eigenvalue weighted by Gasteiger charge is -2.24.